The fourth-order valence-electron chi connectivity index (χ4n) is 3.41. The number of aromatic nitrogens is 1. The topological polar surface area (TPSA) is 91.5 Å². The summed E-state index contributed by atoms with van der Waals surface area (Å²) in [7, 11) is 1.33. The molecule has 2 N–H and O–H groups in total. The van der Waals surface area contributed by atoms with Crippen LogP contribution in [0.4, 0.5) is 8.78 Å². The first kappa shape index (κ1) is 21.5. The minimum absolute atomic E-state index is 0.0612. The molecule has 0 radical (unpaired) electrons. The Kier molecular flexibility index (Phi) is 6.81. The zero-order chi connectivity index (χ0) is 21.7. The summed E-state index contributed by atoms with van der Waals surface area (Å²) in [5, 5.41) is 2.98. The van der Waals surface area contributed by atoms with Crippen LogP contribution in [0.5, 0.6) is 0 Å². The lowest BCUT2D eigenvalue weighted by Gasteiger charge is -2.25. The van der Waals surface area contributed by atoms with Crippen molar-refractivity contribution in [1.29, 1.82) is 0 Å². The Hall–Kier alpha value is -3.23. The minimum Gasteiger partial charge on any atom is -0.469 e. The van der Waals surface area contributed by atoms with E-state index in [1.807, 2.05) is 12.2 Å². The number of amides is 2. The fraction of sp³-hybridized carbons (Fsp3) is 0.381. The first-order chi connectivity index (χ1) is 14.4. The number of fused-ring (bicyclic) bond motifs is 1. The highest BCUT2D eigenvalue weighted by molar-refractivity contribution is 5.98. The summed E-state index contributed by atoms with van der Waals surface area (Å²) >= 11 is 0. The average molecular weight is 419 g/mol. The van der Waals surface area contributed by atoms with Gasteiger partial charge in [-0.25, -0.2) is 8.78 Å². The number of esters is 1. The Morgan fingerprint density at radius 3 is 2.73 bits per heavy atom. The lowest BCUT2D eigenvalue weighted by Crippen LogP contribution is -2.43. The minimum atomic E-state index is -0.772. The van der Waals surface area contributed by atoms with E-state index in [1.165, 1.54) is 13.2 Å². The maximum atomic E-state index is 13.8. The van der Waals surface area contributed by atoms with Crippen molar-refractivity contribution in [1.82, 2.24) is 15.2 Å². The second-order valence-corrected chi connectivity index (χ2v) is 7.07. The fourth-order valence-corrected chi connectivity index (χ4v) is 3.41. The lowest BCUT2D eigenvalue weighted by atomic mass is 10.1. The molecule has 160 valence electrons. The molecule has 9 heteroatoms. The molecule has 1 atom stereocenters. The monoisotopic (exact) mass is 419 g/mol. The zero-order valence-corrected chi connectivity index (χ0v) is 16.5. The number of nitrogens with zero attached hydrogens (tertiary/aromatic N) is 1. The van der Waals surface area contributed by atoms with Gasteiger partial charge in [-0.15, -0.1) is 0 Å². The quantitative estimate of drug-likeness (QED) is 0.391. The third-order valence-electron chi connectivity index (χ3n) is 4.99. The third kappa shape index (κ3) is 5.03. The maximum Gasteiger partial charge on any atom is 0.305 e. The van der Waals surface area contributed by atoms with Crippen molar-refractivity contribution in [3.05, 3.63) is 47.7 Å². The molecule has 2 aromatic rings. The molecule has 7 nitrogen and oxygen atoms in total. The van der Waals surface area contributed by atoms with Crippen molar-refractivity contribution in [2.45, 2.75) is 31.7 Å². The third-order valence-corrected chi connectivity index (χ3v) is 4.99. The van der Waals surface area contributed by atoms with Crippen LogP contribution in [-0.2, 0) is 14.3 Å². The molecule has 0 saturated heterocycles. The number of ether oxygens (including phenoxy) is 1. The predicted octanol–water partition coefficient (Wildman–Crippen LogP) is 2.68. The molecule has 1 aliphatic rings. The number of rotatable bonds is 8. The summed E-state index contributed by atoms with van der Waals surface area (Å²) in [6.45, 7) is 0.642. The van der Waals surface area contributed by atoms with Gasteiger partial charge in [-0.1, -0.05) is 12.2 Å². The highest BCUT2D eigenvalue weighted by atomic mass is 19.1. The van der Waals surface area contributed by atoms with Crippen molar-refractivity contribution >= 4 is 28.7 Å². The van der Waals surface area contributed by atoms with Crippen LogP contribution < -0.4 is 5.32 Å². The normalized spacial score (nSPS) is 15.6. The number of H-pyrrole nitrogens is 1. The van der Waals surface area contributed by atoms with Crippen LogP contribution in [0, 0.1) is 11.6 Å². The highest BCUT2D eigenvalue weighted by Crippen LogP contribution is 2.20. The van der Waals surface area contributed by atoms with Crippen LogP contribution in [0.1, 0.15) is 36.2 Å². The van der Waals surface area contributed by atoms with Gasteiger partial charge in [0.1, 0.15) is 17.3 Å². The van der Waals surface area contributed by atoms with E-state index in [4.69, 9.17) is 0 Å². The molecule has 1 aliphatic heterocycles. The van der Waals surface area contributed by atoms with Gasteiger partial charge in [0.05, 0.1) is 18.7 Å². The van der Waals surface area contributed by atoms with Gasteiger partial charge >= 0.3 is 5.97 Å². The van der Waals surface area contributed by atoms with Crippen LogP contribution in [0.15, 0.2) is 30.4 Å². The second-order valence-electron chi connectivity index (χ2n) is 7.07. The molecule has 0 fully saturated rings. The van der Waals surface area contributed by atoms with Crippen LogP contribution in [-0.4, -0.2) is 53.9 Å². The van der Waals surface area contributed by atoms with Crippen molar-refractivity contribution in [3.8, 4) is 0 Å². The van der Waals surface area contributed by atoms with Gasteiger partial charge in [0.25, 0.3) is 5.91 Å². The van der Waals surface area contributed by atoms with Crippen molar-refractivity contribution in [2.75, 3.05) is 20.2 Å². The van der Waals surface area contributed by atoms with E-state index < -0.39 is 17.5 Å². The first-order valence-electron chi connectivity index (χ1n) is 9.68. The summed E-state index contributed by atoms with van der Waals surface area (Å²) in [5.74, 6) is -2.33. The number of hydrogen-bond acceptors (Lipinski definition) is 4. The smallest absolute Gasteiger partial charge is 0.305 e. The molecular formula is C21H23F2N3O4. The molecule has 1 aromatic carbocycles. The molecule has 0 saturated carbocycles. The summed E-state index contributed by atoms with van der Waals surface area (Å²) in [4.78, 5) is 40.3. The Balaban J connectivity index is 1.52. The molecular weight excluding hydrogens is 396 g/mol. The van der Waals surface area contributed by atoms with E-state index in [0.29, 0.717) is 25.8 Å². The maximum absolute atomic E-state index is 13.8. The van der Waals surface area contributed by atoms with Crippen LogP contribution in [0.25, 0.3) is 10.9 Å². The standard InChI is InChI=1S/C21H23F2N3O4/c1-30-19(28)7-3-2-6-18(27)26-8-4-5-15(26)12-24-21(29)17-10-13-9-14(22)11-16(23)20(13)25-17/h4-5,9-11,15,25H,2-3,6-8,12H2,1H3,(H,24,29). The van der Waals surface area contributed by atoms with E-state index in [2.05, 4.69) is 15.0 Å². The number of carbonyl (C=O) groups excluding carboxylic acids is 3. The number of nitrogens with one attached hydrogen (secondary N) is 2. The molecule has 3 rings (SSSR count). The number of benzene rings is 1. The number of halogens is 2. The van der Waals surface area contributed by atoms with E-state index in [-0.39, 0.29) is 47.5 Å². The summed E-state index contributed by atoms with van der Waals surface area (Å²) in [6.07, 6.45) is 5.41. The van der Waals surface area contributed by atoms with Crippen molar-refractivity contribution in [3.63, 3.8) is 0 Å². The first-order valence-corrected chi connectivity index (χ1v) is 9.68. The number of carbonyl (C=O) groups is 3. The van der Waals surface area contributed by atoms with Crippen molar-refractivity contribution < 1.29 is 27.9 Å². The van der Waals surface area contributed by atoms with Crippen molar-refractivity contribution in [2.24, 2.45) is 0 Å². The van der Waals surface area contributed by atoms with Gasteiger partial charge in [0.15, 0.2) is 0 Å². The number of methoxy groups -OCH3 is 1. The highest BCUT2D eigenvalue weighted by Gasteiger charge is 2.25. The summed E-state index contributed by atoms with van der Waals surface area (Å²) in [5.41, 5.74) is 0.170. The van der Waals surface area contributed by atoms with E-state index in [1.54, 1.807) is 4.90 Å². The Morgan fingerprint density at radius 2 is 1.97 bits per heavy atom. The summed E-state index contributed by atoms with van der Waals surface area (Å²) < 4.78 is 31.7. The molecule has 0 spiro atoms. The average Bonchev–Trinajstić information content (AvgIpc) is 3.36. The van der Waals surface area contributed by atoms with E-state index in [9.17, 15) is 23.2 Å². The van der Waals surface area contributed by atoms with Crippen LogP contribution in [0.3, 0.4) is 0 Å². The largest absolute Gasteiger partial charge is 0.469 e. The molecule has 30 heavy (non-hydrogen) atoms. The number of unbranched alkanes of at least 4 members (excludes halogenated alkanes) is 1. The molecule has 1 aromatic heterocycles. The Bertz CT molecular complexity index is 986. The lowest BCUT2D eigenvalue weighted by molar-refractivity contribution is -0.141. The molecule has 0 aliphatic carbocycles. The van der Waals surface area contributed by atoms with Gasteiger partial charge in [-0.3, -0.25) is 14.4 Å². The van der Waals surface area contributed by atoms with Gasteiger partial charge in [0, 0.05) is 37.4 Å². The van der Waals surface area contributed by atoms with Gasteiger partial charge in [-0.05, 0) is 25.0 Å². The SMILES string of the molecule is COC(=O)CCCCC(=O)N1CC=CC1CNC(=O)c1cc2cc(F)cc(F)c2[nH]1. The summed E-state index contributed by atoms with van der Waals surface area (Å²) in [6, 6.07) is 2.98. The number of hydrogen-bond donors (Lipinski definition) is 2. The molecule has 2 amide bonds. The van der Waals surface area contributed by atoms with Gasteiger partial charge in [-0.2, -0.15) is 0 Å². The van der Waals surface area contributed by atoms with E-state index in [0.717, 1.165) is 12.1 Å². The molecule has 0 bridgehead atoms. The Labute approximate surface area is 172 Å². The molecule has 1 unspecified atom stereocenters. The molecule has 2 heterocycles. The second kappa shape index (κ2) is 9.51. The Morgan fingerprint density at radius 1 is 1.20 bits per heavy atom. The van der Waals surface area contributed by atoms with Gasteiger partial charge in [0.2, 0.25) is 5.91 Å². The number of aromatic amines is 1. The zero-order valence-electron chi connectivity index (χ0n) is 16.5. The predicted molar refractivity (Wildman–Crippen MR) is 106 cm³/mol. The van der Waals surface area contributed by atoms with E-state index >= 15 is 0 Å². The van der Waals surface area contributed by atoms with Gasteiger partial charge < -0.3 is 19.9 Å². The van der Waals surface area contributed by atoms with Crippen LogP contribution in [0.2, 0.25) is 0 Å². The van der Waals surface area contributed by atoms with Crippen LogP contribution >= 0.6 is 0 Å².